The van der Waals surface area contributed by atoms with Crippen LogP contribution >= 0.6 is 0 Å². The van der Waals surface area contributed by atoms with E-state index in [0.29, 0.717) is 43.9 Å². The van der Waals surface area contributed by atoms with Crippen molar-refractivity contribution in [1.82, 2.24) is 20.4 Å². The second-order valence-electron chi connectivity index (χ2n) is 5.94. The maximum Gasteiger partial charge on any atom is 0.401 e. The van der Waals surface area contributed by atoms with Crippen LogP contribution in [0, 0.1) is 5.92 Å². The summed E-state index contributed by atoms with van der Waals surface area (Å²) in [6, 6.07) is 0.181. The summed E-state index contributed by atoms with van der Waals surface area (Å²) in [5, 5.41) is 7.09. The number of nitrogens with one attached hydrogen (secondary N) is 1. The van der Waals surface area contributed by atoms with Gasteiger partial charge in [-0.1, -0.05) is 5.16 Å². The summed E-state index contributed by atoms with van der Waals surface area (Å²) in [5.41, 5.74) is 0. The molecule has 1 atom stereocenters. The van der Waals surface area contributed by atoms with Gasteiger partial charge in [0.25, 0.3) is 0 Å². The highest BCUT2D eigenvalue weighted by Crippen LogP contribution is 2.24. The van der Waals surface area contributed by atoms with Crippen LogP contribution in [0.3, 0.4) is 0 Å². The number of hydrogen-bond donors (Lipinski definition) is 1. The molecule has 132 valence electrons. The van der Waals surface area contributed by atoms with E-state index in [4.69, 9.17) is 9.26 Å². The van der Waals surface area contributed by atoms with E-state index in [1.165, 1.54) is 4.90 Å². The molecule has 9 heteroatoms. The van der Waals surface area contributed by atoms with Crippen LogP contribution in [0.4, 0.5) is 13.2 Å². The molecule has 0 aromatic carbocycles. The minimum Gasteiger partial charge on any atom is -0.377 e. The van der Waals surface area contributed by atoms with Gasteiger partial charge in [-0.2, -0.15) is 18.2 Å². The summed E-state index contributed by atoms with van der Waals surface area (Å²) in [6.45, 7) is 2.93. The highest BCUT2D eigenvalue weighted by molar-refractivity contribution is 4.86. The van der Waals surface area contributed by atoms with E-state index in [-0.39, 0.29) is 6.04 Å². The number of nitrogens with zero attached hydrogens (tertiary/aromatic N) is 3. The standard InChI is InChI=1S/C14H23F3N4O2/c1-10(18-7-13-19-12(8-22-2)20-23-13)11-3-5-21(6-4-11)9-14(15,16)17/h10-11,18H,3-9H2,1-2H3. The van der Waals surface area contributed by atoms with Crippen molar-refractivity contribution in [3.63, 3.8) is 0 Å². The number of aromatic nitrogens is 2. The Balaban J connectivity index is 1.71. The summed E-state index contributed by atoms with van der Waals surface area (Å²) in [7, 11) is 1.56. The molecule has 23 heavy (non-hydrogen) atoms. The molecule has 1 aliphatic rings. The van der Waals surface area contributed by atoms with E-state index in [2.05, 4.69) is 15.5 Å². The lowest BCUT2D eigenvalue weighted by atomic mass is 9.90. The first-order chi connectivity index (χ1) is 10.9. The molecule has 0 radical (unpaired) electrons. The van der Waals surface area contributed by atoms with Gasteiger partial charge < -0.3 is 14.6 Å². The second-order valence-corrected chi connectivity index (χ2v) is 5.94. The topological polar surface area (TPSA) is 63.4 Å². The molecule has 2 heterocycles. The molecule has 0 bridgehead atoms. The molecule has 0 amide bonds. The number of alkyl halides is 3. The van der Waals surface area contributed by atoms with Crippen LogP contribution in [0.2, 0.25) is 0 Å². The van der Waals surface area contributed by atoms with Crippen molar-refractivity contribution in [3.05, 3.63) is 11.7 Å². The van der Waals surface area contributed by atoms with Crippen LogP contribution in [0.5, 0.6) is 0 Å². The number of piperidine rings is 1. The molecule has 1 unspecified atom stereocenters. The molecule has 0 spiro atoms. The average molecular weight is 336 g/mol. The Hall–Kier alpha value is -1.19. The number of methoxy groups -OCH3 is 1. The molecular weight excluding hydrogens is 313 g/mol. The van der Waals surface area contributed by atoms with Crippen LogP contribution in [0.1, 0.15) is 31.5 Å². The van der Waals surface area contributed by atoms with Crippen molar-refractivity contribution >= 4 is 0 Å². The normalized spacial score (nSPS) is 19.2. The lowest BCUT2D eigenvalue weighted by Crippen LogP contribution is -2.44. The predicted octanol–water partition coefficient (Wildman–Crippen LogP) is 1.97. The van der Waals surface area contributed by atoms with Crippen LogP contribution < -0.4 is 5.32 Å². The molecular formula is C14H23F3N4O2. The largest absolute Gasteiger partial charge is 0.401 e. The van der Waals surface area contributed by atoms with Gasteiger partial charge in [0.2, 0.25) is 5.89 Å². The predicted molar refractivity (Wildman–Crippen MR) is 76.5 cm³/mol. The highest BCUT2D eigenvalue weighted by Gasteiger charge is 2.33. The summed E-state index contributed by atoms with van der Waals surface area (Å²) >= 11 is 0. The Labute approximate surface area is 133 Å². The fourth-order valence-electron chi connectivity index (χ4n) is 2.83. The van der Waals surface area contributed by atoms with Crippen LogP contribution in [0.25, 0.3) is 0 Å². The molecule has 1 fully saturated rings. The quantitative estimate of drug-likeness (QED) is 0.821. The Morgan fingerprint density at radius 3 is 2.70 bits per heavy atom. The Morgan fingerprint density at radius 1 is 1.39 bits per heavy atom. The van der Waals surface area contributed by atoms with Gasteiger partial charge in [-0.15, -0.1) is 0 Å². The summed E-state index contributed by atoms with van der Waals surface area (Å²) in [6.07, 6.45) is -2.61. The summed E-state index contributed by atoms with van der Waals surface area (Å²) in [4.78, 5) is 5.64. The Kier molecular flexibility index (Phi) is 6.37. The van der Waals surface area contributed by atoms with Gasteiger partial charge >= 0.3 is 6.18 Å². The Morgan fingerprint density at radius 2 is 2.09 bits per heavy atom. The van der Waals surface area contributed by atoms with Gasteiger partial charge in [-0.05, 0) is 38.8 Å². The number of hydrogen-bond acceptors (Lipinski definition) is 6. The third-order valence-corrected chi connectivity index (χ3v) is 4.10. The molecule has 2 rings (SSSR count). The summed E-state index contributed by atoms with van der Waals surface area (Å²) < 4.78 is 47.1. The lowest BCUT2D eigenvalue weighted by molar-refractivity contribution is -0.148. The molecule has 0 saturated carbocycles. The van der Waals surface area contributed by atoms with Crippen LogP contribution in [0.15, 0.2) is 4.52 Å². The molecule has 1 aliphatic heterocycles. The first-order valence-corrected chi connectivity index (χ1v) is 7.70. The smallest absolute Gasteiger partial charge is 0.377 e. The monoisotopic (exact) mass is 336 g/mol. The zero-order valence-corrected chi connectivity index (χ0v) is 13.4. The summed E-state index contributed by atoms with van der Waals surface area (Å²) in [5.74, 6) is 1.33. The molecule has 1 aromatic heterocycles. The molecule has 1 N–H and O–H groups in total. The van der Waals surface area contributed by atoms with E-state index >= 15 is 0 Å². The van der Waals surface area contributed by atoms with Crippen molar-refractivity contribution in [2.45, 2.75) is 45.1 Å². The average Bonchev–Trinajstić information content (AvgIpc) is 2.92. The van der Waals surface area contributed by atoms with Gasteiger partial charge in [0, 0.05) is 13.2 Å². The van der Waals surface area contributed by atoms with Gasteiger partial charge in [0.15, 0.2) is 5.82 Å². The third-order valence-electron chi connectivity index (χ3n) is 4.10. The van der Waals surface area contributed by atoms with E-state index in [0.717, 1.165) is 12.8 Å². The number of ether oxygens (including phenoxy) is 1. The van der Waals surface area contributed by atoms with E-state index < -0.39 is 12.7 Å². The minimum absolute atomic E-state index is 0.181. The van der Waals surface area contributed by atoms with Crippen LogP contribution in [-0.2, 0) is 17.9 Å². The zero-order valence-electron chi connectivity index (χ0n) is 13.4. The molecule has 6 nitrogen and oxygen atoms in total. The van der Waals surface area contributed by atoms with Crippen molar-refractivity contribution in [3.8, 4) is 0 Å². The van der Waals surface area contributed by atoms with Gasteiger partial charge in [-0.25, -0.2) is 0 Å². The van der Waals surface area contributed by atoms with Crippen molar-refractivity contribution in [1.29, 1.82) is 0 Å². The van der Waals surface area contributed by atoms with E-state index in [9.17, 15) is 13.2 Å². The van der Waals surface area contributed by atoms with Crippen molar-refractivity contribution in [2.24, 2.45) is 5.92 Å². The first kappa shape index (κ1) is 18.2. The maximum atomic E-state index is 12.4. The minimum atomic E-state index is -4.12. The van der Waals surface area contributed by atoms with E-state index in [1.807, 2.05) is 6.92 Å². The maximum absolute atomic E-state index is 12.4. The fraction of sp³-hybridized carbons (Fsp3) is 0.857. The second kappa shape index (κ2) is 8.07. The number of halogens is 3. The SMILES string of the molecule is COCc1noc(CNC(C)C2CCN(CC(F)(F)F)CC2)n1. The molecule has 0 aliphatic carbocycles. The molecule has 1 aromatic rings. The van der Waals surface area contributed by atoms with Crippen LogP contribution in [-0.4, -0.2) is 54.0 Å². The van der Waals surface area contributed by atoms with Gasteiger partial charge in [-0.3, -0.25) is 4.90 Å². The van der Waals surface area contributed by atoms with Gasteiger partial charge in [0.05, 0.1) is 13.1 Å². The molecule has 1 saturated heterocycles. The first-order valence-electron chi connectivity index (χ1n) is 7.70. The van der Waals surface area contributed by atoms with Gasteiger partial charge in [0.1, 0.15) is 6.61 Å². The van der Waals surface area contributed by atoms with Crippen molar-refractivity contribution in [2.75, 3.05) is 26.7 Å². The third kappa shape index (κ3) is 6.08. The number of likely N-dealkylation sites (tertiary alicyclic amines) is 1. The lowest BCUT2D eigenvalue weighted by Gasteiger charge is -2.35. The highest BCUT2D eigenvalue weighted by atomic mass is 19.4. The number of rotatable bonds is 7. The fourth-order valence-corrected chi connectivity index (χ4v) is 2.83. The Bertz CT molecular complexity index is 473. The van der Waals surface area contributed by atoms with Crippen molar-refractivity contribution < 1.29 is 22.4 Å². The van der Waals surface area contributed by atoms with E-state index in [1.54, 1.807) is 7.11 Å². The zero-order chi connectivity index (χ0) is 16.9.